The molecule has 0 aliphatic carbocycles. The number of halogens is 1. The van der Waals surface area contributed by atoms with Gasteiger partial charge in [0.05, 0.1) is 0 Å². The van der Waals surface area contributed by atoms with E-state index in [2.05, 4.69) is 33.0 Å². The zero-order valence-electron chi connectivity index (χ0n) is 11.7. The number of allylic oxidation sites excluding steroid dienone is 2. The maximum absolute atomic E-state index is 5.04. The average molecular weight is 475 g/mol. The first kappa shape index (κ1) is 16.5. The summed E-state index contributed by atoms with van der Waals surface area (Å²) in [5.41, 5.74) is 1.19. The van der Waals surface area contributed by atoms with Crippen LogP contribution in [0.25, 0.3) is 16.0 Å². The molecule has 0 radical (unpaired) electrons. The van der Waals surface area contributed by atoms with Gasteiger partial charge in [-0.15, -0.1) is 25.2 Å². The summed E-state index contributed by atoms with van der Waals surface area (Å²) in [6.07, 6.45) is 13.9. The van der Waals surface area contributed by atoms with Crippen LogP contribution in [0.3, 0.4) is 0 Å². The summed E-state index contributed by atoms with van der Waals surface area (Å²) in [5.74, 6) is 0. The van der Waals surface area contributed by atoms with E-state index in [1.54, 1.807) is 18.8 Å². The Morgan fingerprint density at radius 3 is 2.60 bits per heavy atom. The molecule has 3 nitrogen and oxygen atoms in total. The van der Waals surface area contributed by atoms with E-state index in [4.69, 9.17) is 10.6 Å². The van der Waals surface area contributed by atoms with Gasteiger partial charge in [-0.2, -0.15) is 17.8 Å². The van der Waals surface area contributed by atoms with Crippen LogP contribution in [-0.2, 0) is 18.8 Å². The Bertz CT molecular complexity index is 340. The fraction of sp³-hybridized carbons (Fsp3) is 0.733. The van der Waals surface area contributed by atoms with Gasteiger partial charge < -0.3 is 16.0 Å². The molecule has 3 heterocycles. The van der Waals surface area contributed by atoms with Gasteiger partial charge in [-0.3, -0.25) is 0 Å². The summed E-state index contributed by atoms with van der Waals surface area (Å²) in [6.45, 7) is 1.88. The van der Waals surface area contributed by atoms with Crippen LogP contribution in [0, 0.1) is 0 Å². The summed E-state index contributed by atoms with van der Waals surface area (Å²) in [6, 6.07) is 1.30. The Morgan fingerprint density at radius 2 is 1.90 bits per heavy atom. The topological polar surface area (TPSA) is 42.3 Å². The SMILES string of the molecule is C1=CC[N-]C(C2CCCC(C3CCCC[N-]3)[N-]2)=C1.[Cl][Pt]. The van der Waals surface area contributed by atoms with Crippen molar-refractivity contribution in [3.8, 4) is 0 Å². The van der Waals surface area contributed by atoms with E-state index >= 15 is 0 Å². The van der Waals surface area contributed by atoms with Gasteiger partial charge in [-0.05, 0) is 0 Å². The molecule has 5 heteroatoms. The minimum absolute atomic E-state index is 0.339. The van der Waals surface area contributed by atoms with Crippen molar-refractivity contribution in [3.63, 3.8) is 0 Å². The van der Waals surface area contributed by atoms with Crippen LogP contribution in [0.4, 0.5) is 0 Å². The van der Waals surface area contributed by atoms with Gasteiger partial charge >= 0.3 is 28.2 Å². The van der Waals surface area contributed by atoms with Crippen LogP contribution in [-0.4, -0.2) is 31.2 Å². The first-order chi connectivity index (χ1) is 9.93. The van der Waals surface area contributed by atoms with Crippen LogP contribution < -0.4 is 0 Å². The molecule has 0 aromatic rings. The normalized spacial score (nSPS) is 33.5. The molecule has 0 N–H and O–H groups in total. The van der Waals surface area contributed by atoms with Gasteiger partial charge in [-0.25, -0.2) is 0 Å². The fourth-order valence-electron chi connectivity index (χ4n) is 3.20. The third-order valence-corrected chi connectivity index (χ3v) is 4.19. The van der Waals surface area contributed by atoms with E-state index in [1.807, 2.05) is 0 Å². The standard InChI is InChI=1S/C15H22N3.ClH.Pt/c1-3-10-16-12(6-1)14-8-5-9-15(18-14)13-7-2-4-11-17-13;;/h1,3,6,13-15H,2,4-5,7-11H2;1H;/q-3;;+1/p-1. The predicted octanol–water partition coefficient (Wildman–Crippen LogP) is 4.72. The number of hydrogen-bond acceptors (Lipinski definition) is 0. The Balaban J connectivity index is 0.000000704. The molecule has 3 aliphatic heterocycles. The third-order valence-electron chi connectivity index (χ3n) is 4.19. The molecular weight excluding hydrogens is 453 g/mol. The monoisotopic (exact) mass is 474 g/mol. The average Bonchev–Trinajstić information content (AvgIpc) is 2.58. The van der Waals surface area contributed by atoms with Gasteiger partial charge in [0.15, 0.2) is 0 Å². The van der Waals surface area contributed by atoms with E-state index in [0.29, 0.717) is 18.1 Å². The summed E-state index contributed by atoms with van der Waals surface area (Å²) in [5, 5.41) is 14.4. The molecule has 0 saturated carbocycles. The van der Waals surface area contributed by atoms with Crippen molar-refractivity contribution < 1.29 is 18.8 Å². The van der Waals surface area contributed by atoms with Crippen molar-refractivity contribution in [2.24, 2.45) is 0 Å². The van der Waals surface area contributed by atoms with Gasteiger partial charge in [0.25, 0.3) is 0 Å². The molecule has 3 aliphatic rings. The Hall–Kier alpha value is 0.178. The molecule has 2 fully saturated rings. The molecule has 0 amide bonds. The van der Waals surface area contributed by atoms with Crippen molar-refractivity contribution in [1.82, 2.24) is 0 Å². The second-order valence-corrected chi connectivity index (χ2v) is 5.49. The van der Waals surface area contributed by atoms with E-state index in [9.17, 15) is 0 Å². The molecule has 2 saturated heterocycles. The quantitative estimate of drug-likeness (QED) is 0.556. The Kier molecular flexibility index (Phi) is 7.65. The maximum atomic E-state index is 5.04. The zero-order valence-corrected chi connectivity index (χ0v) is 14.7. The second-order valence-electron chi connectivity index (χ2n) is 5.49. The van der Waals surface area contributed by atoms with Crippen LogP contribution >= 0.6 is 9.42 Å². The number of rotatable bonds is 2. The van der Waals surface area contributed by atoms with E-state index < -0.39 is 0 Å². The van der Waals surface area contributed by atoms with Gasteiger partial charge in [0.2, 0.25) is 0 Å². The fourth-order valence-corrected chi connectivity index (χ4v) is 3.20. The molecule has 117 valence electrons. The van der Waals surface area contributed by atoms with E-state index in [-0.39, 0.29) is 0 Å². The molecule has 0 aromatic carbocycles. The molecular formula is C15H22ClN3Pt-3. The summed E-state index contributed by atoms with van der Waals surface area (Å²) >= 11 is 1.61. The molecule has 3 rings (SSSR count). The molecule has 0 aromatic heterocycles. The molecule has 3 unspecified atom stereocenters. The first-order valence-electron chi connectivity index (χ1n) is 7.46. The minimum atomic E-state index is 0.339. The molecule has 20 heavy (non-hydrogen) atoms. The summed E-state index contributed by atoms with van der Waals surface area (Å²) in [7, 11) is 4.61. The Labute approximate surface area is 137 Å². The van der Waals surface area contributed by atoms with Crippen LogP contribution in [0.1, 0.15) is 38.5 Å². The van der Waals surface area contributed by atoms with Gasteiger partial charge in [0.1, 0.15) is 0 Å². The Morgan fingerprint density at radius 1 is 1.05 bits per heavy atom. The summed E-state index contributed by atoms with van der Waals surface area (Å²) in [4.78, 5) is 0. The predicted molar refractivity (Wildman–Crippen MR) is 82.0 cm³/mol. The van der Waals surface area contributed by atoms with Crippen molar-refractivity contribution >= 4 is 9.42 Å². The third kappa shape index (κ3) is 4.59. The van der Waals surface area contributed by atoms with Crippen LogP contribution in [0.5, 0.6) is 0 Å². The van der Waals surface area contributed by atoms with Crippen molar-refractivity contribution in [1.29, 1.82) is 0 Å². The van der Waals surface area contributed by atoms with Crippen molar-refractivity contribution in [2.75, 3.05) is 13.1 Å². The zero-order chi connectivity index (χ0) is 14.2. The van der Waals surface area contributed by atoms with Gasteiger partial charge in [0, 0.05) is 0 Å². The molecule has 3 atom stereocenters. The first-order valence-corrected chi connectivity index (χ1v) is 10.3. The number of nitrogens with zero attached hydrogens (tertiary/aromatic N) is 3. The second kappa shape index (κ2) is 9.25. The summed E-state index contributed by atoms with van der Waals surface area (Å²) < 4.78 is 0. The van der Waals surface area contributed by atoms with E-state index in [1.165, 1.54) is 44.2 Å². The van der Waals surface area contributed by atoms with Gasteiger partial charge in [-0.1, -0.05) is 50.7 Å². The van der Waals surface area contributed by atoms with Crippen molar-refractivity contribution in [3.05, 3.63) is 39.9 Å². The van der Waals surface area contributed by atoms with Crippen LogP contribution in [0.15, 0.2) is 23.9 Å². The number of hydrogen-bond donors (Lipinski definition) is 0. The molecule has 0 spiro atoms. The van der Waals surface area contributed by atoms with E-state index in [0.717, 1.165) is 13.1 Å². The van der Waals surface area contributed by atoms with Crippen LogP contribution in [0.2, 0.25) is 0 Å². The van der Waals surface area contributed by atoms with Crippen molar-refractivity contribution in [2.45, 2.75) is 56.7 Å². The molecule has 0 bridgehead atoms. The number of piperidine rings is 2.